The van der Waals surface area contributed by atoms with Crippen molar-refractivity contribution in [2.75, 3.05) is 0 Å². The molecule has 0 aliphatic heterocycles. The van der Waals surface area contributed by atoms with Gasteiger partial charge in [-0.1, -0.05) is 11.6 Å². The highest BCUT2D eigenvalue weighted by atomic mass is 35.5. The Bertz CT molecular complexity index is 448. The van der Waals surface area contributed by atoms with Crippen LogP contribution in [0.1, 0.15) is 13.3 Å². The van der Waals surface area contributed by atoms with Crippen molar-refractivity contribution in [1.29, 1.82) is 0 Å². The van der Waals surface area contributed by atoms with Crippen molar-refractivity contribution in [2.24, 2.45) is 0 Å². The lowest BCUT2D eigenvalue weighted by atomic mass is 10.2. The highest BCUT2D eigenvalue weighted by Gasteiger charge is 2.15. The summed E-state index contributed by atoms with van der Waals surface area (Å²) in [6, 6.07) is 3.75. The molecule has 92 valence electrons. The summed E-state index contributed by atoms with van der Waals surface area (Å²) in [6.07, 6.45) is -0.828. The first kappa shape index (κ1) is 13.2. The van der Waals surface area contributed by atoms with Crippen molar-refractivity contribution in [2.45, 2.75) is 19.4 Å². The Hall–Kier alpha value is -1.82. The van der Waals surface area contributed by atoms with Crippen LogP contribution in [-0.2, 0) is 4.79 Å². The lowest BCUT2D eigenvalue weighted by molar-refractivity contribution is -0.384. The van der Waals surface area contributed by atoms with Gasteiger partial charge >= 0.3 is 5.97 Å². The number of halogens is 1. The number of rotatable bonds is 5. The number of ether oxygens (including phenoxy) is 1. The second kappa shape index (κ2) is 5.49. The zero-order chi connectivity index (χ0) is 13.0. The minimum atomic E-state index is -1.01. The molecule has 0 aliphatic carbocycles. The van der Waals surface area contributed by atoms with Gasteiger partial charge in [-0.05, 0) is 13.0 Å². The summed E-state index contributed by atoms with van der Waals surface area (Å²) in [5.41, 5.74) is -0.160. The van der Waals surface area contributed by atoms with Crippen molar-refractivity contribution in [3.63, 3.8) is 0 Å². The van der Waals surface area contributed by atoms with Gasteiger partial charge in [0, 0.05) is 6.07 Å². The molecule has 1 atom stereocenters. The van der Waals surface area contributed by atoms with Crippen LogP contribution in [0.3, 0.4) is 0 Å². The van der Waals surface area contributed by atoms with E-state index in [4.69, 9.17) is 21.4 Å². The minimum absolute atomic E-state index is 0.106. The predicted molar refractivity (Wildman–Crippen MR) is 60.4 cm³/mol. The van der Waals surface area contributed by atoms with Gasteiger partial charge in [0.15, 0.2) is 0 Å². The molecule has 0 amide bonds. The van der Waals surface area contributed by atoms with Crippen molar-refractivity contribution in [3.05, 3.63) is 33.3 Å². The molecule has 0 saturated heterocycles. The topological polar surface area (TPSA) is 89.7 Å². The van der Waals surface area contributed by atoms with E-state index >= 15 is 0 Å². The van der Waals surface area contributed by atoms with Gasteiger partial charge in [0.25, 0.3) is 5.69 Å². The fourth-order valence-electron chi connectivity index (χ4n) is 1.20. The summed E-state index contributed by atoms with van der Waals surface area (Å²) in [4.78, 5) is 20.4. The number of nitrogens with zero attached hydrogens (tertiary/aromatic N) is 1. The van der Waals surface area contributed by atoms with Crippen LogP contribution >= 0.6 is 11.6 Å². The fourth-order valence-corrected chi connectivity index (χ4v) is 1.36. The largest absolute Gasteiger partial charge is 0.488 e. The van der Waals surface area contributed by atoms with Gasteiger partial charge in [0.05, 0.1) is 22.4 Å². The van der Waals surface area contributed by atoms with Gasteiger partial charge in [0.1, 0.15) is 11.9 Å². The third-order valence-electron chi connectivity index (χ3n) is 1.92. The summed E-state index contributed by atoms with van der Waals surface area (Å²) in [5.74, 6) is -0.909. The monoisotopic (exact) mass is 259 g/mol. The summed E-state index contributed by atoms with van der Waals surface area (Å²) < 4.78 is 5.23. The quantitative estimate of drug-likeness (QED) is 0.648. The van der Waals surface area contributed by atoms with Crippen LogP contribution in [0, 0.1) is 10.1 Å². The van der Waals surface area contributed by atoms with Gasteiger partial charge in [0.2, 0.25) is 0 Å². The Morgan fingerprint density at radius 1 is 1.65 bits per heavy atom. The SMILES string of the molecule is C[C@H](CC(=O)O)Oc1cc([N+](=O)[O-])ccc1Cl. The first-order chi connectivity index (χ1) is 7.90. The Balaban J connectivity index is 2.86. The molecule has 1 aromatic rings. The molecule has 0 aliphatic rings. The van der Waals surface area contributed by atoms with Crippen LogP contribution in [0.4, 0.5) is 5.69 Å². The summed E-state index contributed by atoms with van der Waals surface area (Å²) in [6.45, 7) is 1.54. The molecule has 0 bridgehead atoms. The summed E-state index contributed by atoms with van der Waals surface area (Å²) >= 11 is 5.79. The number of benzene rings is 1. The van der Waals surface area contributed by atoms with Crippen molar-refractivity contribution in [3.8, 4) is 5.75 Å². The van der Waals surface area contributed by atoms with Crippen LogP contribution in [0.2, 0.25) is 5.02 Å². The summed E-state index contributed by atoms with van der Waals surface area (Å²) in [7, 11) is 0. The lowest BCUT2D eigenvalue weighted by Crippen LogP contribution is -2.16. The van der Waals surface area contributed by atoms with Crippen LogP contribution in [0.5, 0.6) is 5.75 Å². The number of non-ortho nitro benzene ring substituents is 1. The van der Waals surface area contributed by atoms with Gasteiger partial charge in [-0.15, -0.1) is 0 Å². The van der Waals surface area contributed by atoms with Crippen molar-refractivity contribution in [1.82, 2.24) is 0 Å². The van der Waals surface area contributed by atoms with Gasteiger partial charge in [-0.2, -0.15) is 0 Å². The van der Waals surface area contributed by atoms with E-state index in [1.807, 2.05) is 0 Å². The van der Waals surface area contributed by atoms with Gasteiger partial charge in [-0.25, -0.2) is 0 Å². The third-order valence-corrected chi connectivity index (χ3v) is 2.23. The molecule has 0 fully saturated rings. The number of aliphatic carboxylic acids is 1. The van der Waals surface area contributed by atoms with E-state index in [1.54, 1.807) is 6.92 Å². The number of carbonyl (C=O) groups is 1. The van der Waals surface area contributed by atoms with E-state index in [2.05, 4.69) is 0 Å². The molecule has 6 nitrogen and oxygen atoms in total. The second-order valence-corrected chi connectivity index (χ2v) is 3.81. The molecule has 0 aromatic heterocycles. The highest BCUT2D eigenvalue weighted by Crippen LogP contribution is 2.29. The maximum absolute atomic E-state index is 10.5. The zero-order valence-corrected chi connectivity index (χ0v) is 9.68. The lowest BCUT2D eigenvalue weighted by Gasteiger charge is -2.13. The highest BCUT2D eigenvalue weighted by molar-refractivity contribution is 6.32. The summed E-state index contributed by atoms with van der Waals surface area (Å²) in [5, 5.41) is 19.3. The van der Waals surface area contributed by atoms with Crippen molar-refractivity contribution < 1.29 is 19.6 Å². The average molecular weight is 260 g/mol. The Morgan fingerprint density at radius 2 is 2.29 bits per heavy atom. The van der Waals surface area contributed by atoms with Crippen LogP contribution in [0.15, 0.2) is 18.2 Å². The van der Waals surface area contributed by atoms with Crippen molar-refractivity contribution >= 4 is 23.3 Å². The third kappa shape index (κ3) is 3.92. The maximum atomic E-state index is 10.5. The molecule has 1 N–H and O–H groups in total. The second-order valence-electron chi connectivity index (χ2n) is 3.40. The average Bonchev–Trinajstić information content (AvgIpc) is 2.19. The zero-order valence-electron chi connectivity index (χ0n) is 8.92. The molecule has 1 rings (SSSR count). The Morgan fingerprint density at radius 3 is 2.82 bits per heavy atom. The molecule has 0 spiro atoms. The number of nitro groups is 1. The van der Waals surface area contributed by atoms with Gasteiger partial charge in [-0.3, -0.25) is 14.9 Å². The van der Waals surface area contributed by atoms with Crippen LogP contribution in [-0.4, -0.2) is 22.1 Å². The maximum Gasteiger partial charge on any atom is 0.307 e. The molecule has 0 saturated carbocycles. The minimum Gasteiger partial charge on any atom is -0.488 e. The number of carboxylic acid groups (broad SMARTS) is 1. The standard InChI is InChI=1S/C10H10ClNO5/c1-6(4-10(13)14)17-9-5-7(12(15)16)2-3-8(9)11/h2-3,5-6H,4H2,1H3,(H,13,14)/t6-/m1/s1. The molecule has 0 unspecified atom stereocenters. The molecule has 0 heterocycles. The van der Waals surface area contributed by atoms with E-state index < -0.39 is 17.0 Å². The molecule has 1 aromatic carbocycles. The predicted octanol–water partition coefficient (Wildman–Crippen LogP) is 2.49. The molecular formula is C10H10ClNO5. The van der Waals surface area contributed by atoms with E-state index in [9.17, 15) is 14.9 Å². The van der Waals surface area contributed by atoms with Crippen LogP contribution < -0.4 is 4.74 Å². The smallest absolute Gasteiger partial charge is 0.307 e. The number of hydrogen-bond donors (Lipinski definition) is 1. The van der Waals surface area contributed by atoms with E-state index in [0.29, 0.717) is 0 Å². The number of nitro benzene ring substituents is 1. The first-order valence-corrected chi connectivity index (χ1v) is 5.10. The molecular weight excluding hydrogens is 250 g/mol. The molecule has 0 radical (unpaired) electrons. The van der Waals surface area contributed by atoms with E-state index in [0.717, 1.165) is 0 Å². The van der Waals surface area contributed by atoms with Gasteiger partial charge < -0.3 is 9.84 Å². The number of carboxylic acids is 1. The number of hydrogen-bond acceptors (Lipinski definition) is 4. The Kier molecular flexibility index (Phi) is 4.28. The fraction of sp³-hybridized carbons (Fsp3) is 0.300. The van der Waals surface area contributed by atoms with Crippen LogP contribution in [0.25, 0.3) is 0 Å². The molecule has 17 heavy (non-hydrogen) atoms. The first-order valence-electron chi connectivity index (χ1n) is 4.72. The molecule has 7 heteroatoms. The normalized spacial score (nSPS) is 11.9. The Labute approximate surface area is 102 Å². The van der Waals surface area contributed by atoms with E-state index in [-0.39, 0.29) is 22.9 Å². The van der Waals surface area contributed by atoms with E-state index in [1.165, 1.54) is 18.2 Å².